The number of carbonyl (C=O) groups is 13. The number of nitrogens with one attached hydrogen (secondary N) is 6. The average Bonchev–Trinajstić information content (AvgIpc) is 0.816. The van der Waals surface area contributed by atoms with Gasteiger partial charge in [-0.1, -0.05) is 105 Å². The van der Waals surface area contributed by atoms with E-state index in [0.29, 0.717) is 43.5 Å². The maximum absolute atomic E-state index is 15.6. The molecule has 13 amide bonds. The molecule has 0 radical (unpaired) electrons. The number of amides is 13. The summed E-state index contributed by atoms with van der Waals surface area (Å²) in [6.07, 6.45) is 0.298. The summed E-state index contributed by atoms with van der Waals surface area (Å²) in [4.78, 5) is 202. The van der Waals surface area contributed by atoms with Gasteiger partial charge in [-0.05, 0) is 133 Å². The van der Waals surface area contributed by atoms with E-state index in [4.69, 9.17) is 9.47 Å². The van der Waals surface area contributed by atoms with Crippen molar-refractivity contribution in [3.63, 3.8) is 0 Å². The number of benzene rings is 2. The Morgan fingerprint density at radius 3 is 1.61 bits per heavy atom. The fraction of sp³-hybridized carbons (Fsp3) is 0.679. The number of hydrogen-bond donors (Lipinski definition) is 7. The molecule has 2 fully saturated rings. The van der Waals surface area contributed by atoms with Crippen LogP contribution in [0.2, 0.25) is 0 Å². The van der Waals surface area contributed by atoms with Crippen molar-refractivity contribution < 1.29 is 76.9 Å². The van der Waals surface area contributed by atoms with Gasteiger partial charge in [0.1, 0.15) is 66.2 Å². The second-order valence-corrected chi connectivity index (χ2v) is 31.0. The van der Waals surface area contributed by atoms with Gasteiger partial charge in [0, 0.05) is 68.3 Å². The average molecular weight is 1500 g/mol. The molecule has 2 heterocycles. The van der Waals surface area contributed by atoms with Crippen LogP contribution in [0.3, 0.4) is 0 Å². The first kappa shape index (κ1) is 90.7. The Labute approximate surface area is 633 Å². The van der Waals surface area contributed by atoms with E-state index in [2.05, 4.69) is 31.9 Å². The summed E-state index contributed by atoms with van der Waals surface area (Å²) in [5, 5.41) is 27.9. The minimum atomic E-state index is -1.73. The molecule has 0 aromatic heterocycles. The predicted molar refractivity (Wildman–Crippen MR) is 405 cm³/mol. The maximum atomic E-state index is 15.6. The van der Waals surface area contributed by atoms with Gasteiger partial charge in [-0.15, -0.1) is 0 Å². The third-order valence-electron chi connectivity index (χ3n) is 19.9. The van der Waals surface area contributed by atoms with Crippen LogP contribution in [0, 0.1) is 23.7 Å². The van der Waals surface area contributed by atoms with Crippen molar-refractivity contribution in [3.05, 3.63) is 65.2 Å². The van der Waals surface area contributed by atoms with Crippen LogP contribution in [0.25, 0.3) is 0 Å². The van der Waals surface area contributed by atoms with E-state index in [-0.39, 0.29) is 74.1 Å². The summed E-state index contributed by atoms with van der Waals surface area (Å²) in [5.74, 6) is -10.8. The highest BCUT2D eigenvalue weighted by atomic mass is 16.5. The largest absolute Gasteiger partial charge is 0.496 e. The molecular formula is C78H125N13O16. The summed E-state index contributed by atoms with van der Waals surface area (Å²) in [6.45, 7) is 23.4. The molecule has 107 heavy (non-hydrogen) atoms. The van der Waals surface area contributed by atoms with Crippen LogP contribution in [0.4, 0.5) is 0 Å². The number of likely N-dealkylation sites (tertiary alicyclic amines) is 1. The van der Waals surface area contributed by atoms with Gasteiger partial charge in [0.2, 0.25) is 70.9 Å². The third-order valence-corrected chi connectivity index (χ3v) is 19.9. The molecule has 598 valence electrons. The zero-order valence-electron chi connectivity index (χ0n) is 67.3. The Hall–Kier alpha value is -8.73. The van der Waals surface area contributed by atoms with Gasteiger partial charge >= 0.3 is 0 Å². The number of methoxy groups -OCH3 is 1. The Kier molecular flexibility index (Phi) is 35.7. The lowest BCUT2D eigenvalue weighted by atomic mass is 9.95. The SMILES string of the molecule is CC[C@H](C)[C@@H]1NC(=O)[C@H](CC(C)C)N(C)C(=O)[C@@H](C)NC(=O)C[C@@H](C(=O)N2CCCCC2)NC(=O)[C@H](CC(C)C)N(C)C(=O)[C@H](Cc2ccccc2)N(C)C(=O)[C@H](COC(C)(C)C)NC(=O)[C@H](CC(C)C)N(C)C(=O)[C@H](CC)N(C)C(=O)[C@H]([C@@H](C)O)NC(=O)CN(CCc2ccc(C(=O)NC)c(OC)c2)C1=O. The lowest BCUT2D eigenvalue weighted by Gasteiger charge is -2.38. The topological polar surface area (TPSA) is 355 Å². The standard InChI is InChI=1S/C78H125N13O16/c1-22-49(9)65-77(105)91(37-34-53-32-33-54(67(95)79-15)62(42-53)106-21)44-64(94)83-66(51(11)92)76(104)85(16)57(23-2)74(102)87(18)59(39-47(5)6)69(97)82-56(45-107-78(12,13)14)72(100)89(20)61(41-52-30-26-24-27-31-52)75(103)88(19)58(38-46(3)4)68(96)81-55(73(101)90-35-28-25-29-36-90)43-63(93)80-50(10)71(99)86(17)60(40-48(7)8)70(98)84-65/h24,26-27,30-33,42,46-51,55-61,65-66,92H,22-23,25,28-29,34-41,43-45H2,1-21H3,(H,79,95)(H,80,93)(H,81,96)(H,82,97)(H,83,94)(H,84,98)/t49-,50+,51+,55-,56-,57-,58-,59-,60-,61-,65-,66-/m0/s1. The highest BCUT2D eigenvalue weighted by Gasteiger charge is 2.44. The molecule has 2 aliphatic rings. The number of carbonyl (C=O) groups excluding carboxylic acids is 13. The molecule has 29 heteroatoms. The van der Waals surface area contributed by atoms with Crippen molar-refractivity contribution in [2.75, 3.05) is 82.2 Å². The van der Waals surface area contributed by atoms with Gasteiger partial charge in [-0.2, -0.15) is 0 Å². The highest BCUT2D eigenvalue weighted by molar-refractivity contribution is 6.01. The second-order valence-electron chi connectivity index (χ2n) is 31.0. The first-order valence-corrected chi connectivity index (χ1v) is 37.8. The van der Waals surface area contributed by atoms with Crippen molar-refractivity contribution in [2.45, 2.75) is 240 Å². The van der Waals surface area contributed by atoms with Crippen LogP contribution in [0.1, 0.15) is 176 Å². The maximum Gasteiger partial charge on any atom is 0.254 e. The molecule has 2 aromatic carbocycles. The monoisotopic (exact) mass is 1500 g/mol. The van der Waals surface area contributed by atoms with E-state index in [1.807, 2.05) is 41.5 Å². The zero-order chi connectivity index (χ0) is 80.6. The molecular weight excluding hydrogens is 1370 g/mol. The van der Waals surface area contributed by atoms with Crippen LogP contribution in [0.15, 0.2) is 48.5 Å². The van der Waals surface area contributed by atoms with E-state index in [1.54, 1.807) is 95.0 Å². The molecule has 0 saturated carbocycles. The molecule has 0 unspecified atom stereocenters. The van der Waals surface area contributed by atoms with E-state index in [1.165, 1.54) is 87.7 Å². The highest BCUT2D eigenvalue weighted by Crippen LogP contribution is 2.25. The Morgan fingerprint density at radius 1 is 0.589 bits per heavy atom. The first-order valence-electron chi connectivity index (χ1n) is 37.8. The normalized spacial score (nSPS) is 24.4. The van der Waals surface area contributed by atoms with Gasteiger partial charge < -0.3 is 80.8 Å². The predicted octanol–water partition coefficient (Wildman–Crippen LogP) is 3.45. The minimum Gasteiger partial charge on any atom is -0.496 e. The van der Waals surface area contributed by atoms with Crippen molar-refractivity contribution in [1.82, 2.24) is 66.2 Å². The van der Waals surface area contributed by atoms with Crippen LogP contribution < -0.4 is 36.6 Å². The first-order chi connectivity index (χ1) is 50.1. The number of aliphatic hydroxyl groups excluding tert-OH is 1. The summed E-state index contributed by atoms with van der Waals surface area (Å²) in [5.41, 5.74) is 0.543. The third kappa shape index (κ3) is 26.3. The van der Waals surface area contributed by atoms with Gasteiger partial charge in [-0.3, -0.25) is 62.3 Å². The van der Waals surface area contributed by atoms with E-state index in [0.717, 1.165) is 11.3 Å². The van der Waals surface area contributed by atoms with Crippen molar-refractivity contribution >= 4 is 76.8 Å². The molecule has 0 bridgehead atoms. The van der Waals surface area contributed by atoms with E-state index in [9.17, 15) is 33.9 Å². The van der Waals surface area contributed by atoms with Crippen LogP contribution >= 0.6 is 0 Å². The lowest BCUT2D eigenvalue weighted by molar-refractivity contribution is -0.152. The summed E-state index contributed by atoms with van der Waals surface area (Å²) in [7, 11) is 9.76. The number of nitrogens with zero attached hydrogens (tertiary/aromatic N) is 7. The van der Waals surface area contributed by atoms with Gasteiger partial charge in [0.05, 0.1) is 44.0 Å². The number of rotatable bonds is 20. The van der Waals surface area contributed by atoms with Crippen LogP contribution in [-0.4, -0.2) is 271 Å². The Bertz CT molecular complexity index is 3370. The molecule has 0 spiro atoms. The van der Waals surface area contributed by atoms with E-state index < -0.39 is 174 Å². The fourth-order valence-corrected chi connectivity index (χ4v) is 13.3. The number of aliphatic hydroxyl groups is 1. The molecule has 2 saturated heterocycles. The molecule has 0 aliphatic carbocycles. The molecule has 2 aromatic rings. The molecule has 7 N–H and O–H groups in total. The molecule has 2 aliphatic heterocycles. The summed E-state index contributed by atoms with van der Waals surface area (Å²) in [6, 6.07) is -0.378. The Morgan fingerprint density at radius 2 is 1.10 bits per heavy atom. The summed E-state index contributed by atoms with van der Waals surface area (Å²) < 4.78 is 11.8. The van der Waals surface area contributed by atoms with Gasteiger partial charge in [-0.25, -0.2) is 0 Å². The number of hydrogen-bond acceptors (Lipinski definition) is 16. The van der Waals surface area contributed by atoms with Crippen molar-refractivity contribution in [1.29, 1.82) is 0 Å². The van der Waals surface area contributed by atoms with Gasteiger partial charge in [0.25, 0.3) is 5.91 Å². The fourth-order valence-electron chi connectivity index (χ4n) is 13.3. The lowest BCUT2D eigenvalue weighted by Crippen LogP contribution is -2.62. The Balaban J connectivity index is 2.01. The molecule has 4 rings (SSSR count). The quantitative estimate of drug-likeness (QED) is 0.0998. The van der Waals surface area contributed by atoms with Gasteiger partial charge in [0.15, 0.2) is 0 Å². The van der Waals surface area contributed by atoms with Crippen LogP contribution in [-0.2, 0) is 75.1 Å². The number of likely N-dealkylation sites (N-methyl/N-ethyl adjacent to an activating group) is 5. The zero-order valence-corrected chi connectivity index (χ0v) is 67.3. The van der Waals surface area contributed by atoms with Crippen LogP contribution in [0.5, 0.6) is 5.75 Å². The smallest absolute Gasteiger partial charge is 0.254 e. The number of piperidine rings is 1. The second kappa shape index (κ2) is 42.1. The van der Waals surface area contributed by atoms with E-state index >= 15 is 33.6 Å². The molecule has 12 atom stereocenters. The molecule has 29 nitrogen and oxygen atoms in total. The van der Waals surface area contributed by atoms with Crippen molar-refractivity contribution in [2.24, 2.45) is 23.7 Å². The summed E-state index contributed by atoms with van der Waals surface area (Å²) >= 11 is 0. The minimum absolute atomic E-state index is 0.0348. The number of ether oxygens (including phenoxy) is 2. The van der Waals surface area contributed by atoms with Crippen molar-refractivity contribution in [3.8, 4) is 5.75 Å².